The quantitative estimate of drug-likeness (QED) is 0.181. The summed E-state index contributed by atoms with van der Waals surface area (Å²) in [4.78, 5) is 7.20. The van der Waals surface area contributed by atoms with E-state index >= 15 is 0 Å². The highest BCUT2D eigenvalue weighted by molar-refractivity contribution is 7.25. The van der Waals surface area contributed by atoms with E-state index in [0.717, 1.165) is 61.2 Å². The number of anilines is 3. The molecule has 0 bridgehead atoms. The number of rotatable bonds is 5. The summed E-state index contributed by atoms with van der Waals surface area (Å²) in [5.41, 5.74) is 9.47. The van der Waals surface area contributed by atoms with Crippen LogP contribution in [0.1, 0.15) is 0 Å². The zero-order valence-corrected chi connectivity index (χ0v) is 28.6. The monoisotopic (exact) mass is 684 g/mol. The van der Waals surface area contributed by atoms with Crippen LogP contribution in [0.3, 0.4) is 0 Å². The molecule has 0 radical (unpaired) electrons. The molecule has 3 aromatic heterocycles. The number of benzene rings is 8. The average Bonchev–Trinajstić information content (AvgIpc) is 3.92. The first kappa shape index (κ1) is 29.1. The topological polar surface area (TPSA) is 42.4 Å². The van der Waals surface area contributed by atoms with Gasteiger partial charge in [-0.2, -0.15) is 0 Å². The van der Waals surface area contributed by atoms with E-state index < -0.39 is 0 Å². The number of thiophene rings is 1. The van der Waals surface area contributed by atoms with Crippen LogP contribution in [0, 0.1) is 0 Å². The van der Waals surface area contributed by atoms with Crippen LogP contribution in [-0.2, 0) is 0 Å². The Labute approximate surface area is 302 Å². The van der Waals surface area contributed by atoms with Gasteiger partial charge >= 0.3 is 0 Å². The molecule has 11 rings (SSSR count). The van der Waals surface area contributed by atoms with Gasteiger partial charge in [0.15, 0.2) is 11.2 Å². The normalized spacial score (nSPS) is 11.8. The highest BCUT2D eigenvalue weighted by Gasteiger charge is 2.23. The molecule has 0 N–H and O–H groups in total. The summed E-state index contributed by atoms with van der Waals surface area (Å²) in [5, 5.41) is 6.93. The van der Waals surface area contributed by atoms with Crippen molar-refractivity contribution < 1.29 is 8.83 Å². The third kappa shape index (κ3) is 4.50. The van der Waals surface area contributed by atoms with Gasteiger partial charge in [-0.25, -0.2) is 4.98 Å². The van der Waals surface area contributed by atoms with Gasteiger partial charge in [0, 0.05) is 47.9 Å². The fourth-order valence-electron chi connectivity index (χ4n) is 7.74. The maximum absolute atomic E-state index is 6.85. The van der Waals surface area contributed by atoms with Crippen molar-refractivity contribution in [3.63, 3.8) is 0 Å². The van der Waals surface area contributed by atoms with E-state index in [-0.39, 0.29) is 0 Å². The molecule has 0 saturated heterocycles. The number of nitrogens with zero attached hydrogens (tertiary/aromatic N) is 2. The summed E-state index contributed by atoms with van der Waals surface area (Å²) in [6.45, 7) is 0. The fraction of sp³-hybridized carbons (Fsp3) is 0. The van der Waals surface area contributed by atoms with Gasteiger partial charge in [-0.15, -0.1) is 11.3 Å². The van der Waals surface area contributed by atoms with E-state index in [9.17, 15) is 0 Å². The zero-order valence-electron chi connectivity index (χ0n) is 27.8. The molecule has 0 amide bonds. The van der Waals surface area contributed by atoms with E-state index in [1.165, 1.54) is 36.5 Å². The Hall–Kier alpha value is -6.69. The molecule has 52 heavy (non-hydrogen) atoms. The number of hydrogen-bond acceptors (Lipinski definition) is 5. The average molecular weight is 685 g/mol. The number of fused-ring (bicyclic) bond motifs is 8. The number of oxazole rings is 1. The van der Waals surface area contributed by atoms with Gasteiger partial charge in [0.05, 0.1) is 5.69 Å². The molecule has 11 aromatic rings. The molecule has 0 aliphatic rings. The van der Waals surface area contributed by atoms with E-state index in [1.54, 1.807) is 0 Å². The number of aromatic nitrogens is 1. The maximum Gasteiger partial charge on any atom is 0.228 e. The van der Waals surface area contributed by atoms with Crippen molar-refractivity contribution >= 4 is 92.4 Å². The fourth-order valence-corrected chi connectivity index (χ4v) is 8.83. The Kier molecular flexibility index (Phi) is 6.39. The van der Waals surface area contributed by atoms with E-state index in [0.29, 0.717) is 5.89 Å². The molecule has 0 fully saturated rings. The standard InChI is InChI=1S/C47H28N2O2S/c1-2-15-33-29(11-1)12-8-17-34(33)30-13-7-14-31(27-30)49(32-25-26-44-38(28-32)35-16-3-6-24-43(35)52-44)40-21-9-18-36-45-37(19-10-23-42(45)50-46(36)40)47-48-39-20-4-5-22-41(39)51-47/h1-28H. The van der Waals surface area contributed by atoms with Crippen LogP contribution in [0.4, 0.5) is 17.1 Å². The Morgan fingerprint density at radius 3 is 2.15 bits per heavy atom. The second-order valence-corrected chi connectivity index (χ2v) is 14.2. The number of hydrogen-bond donors (Lipinski definition) is 0. The van der Waals surface area contributed by atoms with Gasteiger partial charge in [-0.05, 0) is 88.6 Å². The smallest absolute Gasteiger partial charge is 0.228 e. The zero-order chi connectivity index (χ0) is 34.2. The molecule has 0 saturated carbocycles. The second kappa shape index (κ2) is 11.4. The summed E-state index contributed by atoms with van der Waals surface area (Å²) < 4.78 is 15.7. The summed E-state index contributed by atoms with van der Waals surface area (Å²) in [6.07, 6.45) is 0. The van der Waals surface area contributed by atoms with Gasteiger partial charge < -0.3 is 13.7 Å². The highest BCUT2D eigenvalue weighted by atomic mass is 32.1. The van der Waals surface area contributed by atoms with E-state index in [2.05, 4.69) is 138 Å². The van der Waals surface area contributed by atoms with Crippen LogP contribution in [0.25, 0.3) is 86.6 Å². The van der Waals surface area contributed by atoms with Crippen LogP contribution in [0.5, 0.6) is 0 Å². The molecule has 0 spiro atoms. The lowest BCUT2D eigenvalue weighted by Crippen LogP contribution is -2.10. The highest BCUT2D eigenvalue weighted by Crippen LogP contribution is 2.47. The summed E-state index contributed by atoms with van der Waals surface area (Å²) in [6, 6.07) is 59.8. The predicted molar refractivity (Wildman–Crippen MR) is 217 cm³/mol. The summed E-state index contributed by atoms with van der Waals surface area (Å²) >= 11 is 1.83. The van der Waals surface area contributed by atoms with Gasteiger partial charge in [0.25, 0.3) is 0 Å². The molecule has 5 heteroatoms. The minimum atomic E-state index is 0.578. The van der Waals surface area contributed by atoms with Crippen molar-refractivity contribution in [1.82, 2.24) is 4.98 Å². The molecular weight excluding hydrogens is 657 g/mol. The van der Waals surface area contributed by atoms with Crippen molar-refractivity contribution in [2.45, 2.75) is 0 Å². The lowest BCUT2D eigenvalue weighted by Gasteiger charge is -2.26. The largest absolute Gasteiger partial charge is 0.454 e. The molecule has 244 valence electrons. The van der Waals surface area contributed by atoms with E-state index in [4.69, 9.17) is 13.8 Å². The van der Waals surface area contributed by atoms with Gasteiger partial charge in [0.2, 0.25) is 5.89 Å². The van der Waals surface area contributed by atoms with E-state index in [1.807, 2.05) is 47.7 Å². The Bertz CT molecular complexity index is 3130. The van der Waals surface area contributed by atoms with Crippen LogP contribution in [-0.4, -0.2) is 4.98 Å². The Morgan fingerprint density at radius 1 is 0.481 bits per heavy atom. The third-order valence-corrected chi connectivity index (χ3v) is 11.2. The van der Waals surface area contributed by atoms with Gasteiger partial charge in [-0.3, -0.25) is 0 Å². The molecular formula is C47H28N2O2S. The SMILES string of the molecule is c1cc(-c2cccc3ccccc23)cc(N(c2ccc3sc4ccccc4c3c2)c2cccc3c2oc2cccc(-c4nc5ccccc5o4)c23)c1. The number of para-hydroxylation sites is 3. The molecule has 0 atom stereocenters. The molecule has 0 aliphatic heterocycles. The molecule has 4 nitrogen and oxygen atoms in total. The first-order valence-corrected chi connectivity index (χ1v) is 18.2. The van der Waals surface area contributed by atoms with Crippen molar-refractivity contribution in [3.8, 4) is 22.6 Å². The molecule has 0 aliphatic carbocycles. The summed E-state index contributed by atoms with van der Waals surface area (Å²) in [7, 11) is 0. The van der Waals surface area contributed by atoms with Crippen LogP contribution in [0.2, 0.25) is 0 Å². The minimum absolute atomic E-state index is 0.578. The third-order valence-electron chi connectivity index (χ3n) is 10.1. The van der Waals surface area contributed by atoms with Crippen molar-refractivity contribution in [2.24, 2.45) is 0 Å². The number of furan rings is 1. The van der Waals surface area contributed by atoms with Crippen molar-refractivity contribution in [2.75, 3.05) is 4.90 Å². The lowest BCUT2D eigenvalue weighted by atomic mass is 9.97. The first-order valence-electron chi connectivity index (χ1n) is 17.4. The minimum Gasteiger partial charge on any atom is -0.454 e. The lowest BCUT2D eigenvalue weighted by molar-refractivity contribution is 0.620. The maximum atomic E-state index is 6.85. The molecule has 3 heterocycles. The van der Waals surface area contributed by atoms with Gasteiger partial charge in [-0.1, -0.05) is 103 Å². The second-order valence-electron chi connectivity index (χ2n) is 13.1. The molecule has 8 aromatic carbocycles. The molecule has 0 unspecified atom stereocenters. The van der Waals surface area contributed by atoms with Crippen molar-refractivity contribution in [3.05, 3.63) is 170 Å². The van der Waals surface area contributed by atoms with Crippen LogP contribution < -0.4 is 4.90 Å². The summed E-state index contributed by atoms with van der Waals surface area (Å²) in [5.74, 6) is 0.578. The van der Waals surface area contributed by atoms with Crippen molar-refractivity contribution in [1.29, 1.82) is 0 Å². The van der Waals surface area contributed by atoms with Crippen LogP contribution >= 0.6 is 11.3 Å². The Balaban J connectivity index is 1.16. The predicted octanol–water partition coefficient (Wildman–Crippen LogP) is 14.1. The Morgan fingerprint density at radius 2 is 1.19 bits per heavy atom. The van der Waals surface area contributed by atoms with Crippen LogP contribution in [0.15, 0.2) is 179 Å². The first-order chi connectivity index (χ1) is 25.8. The van der Waals surface area contributed by atoms with Gasteiger partial charge in [0.1, 0.15) is 11.1 Å².